The van der Waals surface area contributed by atoms with Gasteiger partial charge in [-0.25, -0.2) is 0 Å². The van der Waals surface area contributed by atoms with Crippen molar-refractivity contribution in [2.45, 2.75) is 48.5 Å². The zero-order chi connectivity index (χ0) is 10.9. The molecule has 1 fully saturated rings. The van der Waals surface area contributed by atoms with Gasteiger partial charge < -0.3 is 4.90 Å². The highest BCUT2D eigenvalue weighted by atomic mass is 15.1. The molecule has 0 aliphatic carbocycles. The maximum absolute atomic E-state index is 2.52. The maximum atomic E-state index is 2.52. The lowest BCUT2D eigenvalue weighted by atomic mass is 10.0. The summed E-state index contributed by atoms with van der Waals surface area (Å²) in [5.74, 6) is 1.84. The molecular weight excluding hydrogens is 158 g/mol. The Hall–Kier alpha value is -0.0400. The van der Waals surface area contributed by atoms with Crippen LogP contribution in [-0.2, 0) is 0 Å². The third-order valence-electron chi connectivity index (χ3n) is 2.51. The Morgan fingerprint density at radius 3 is 1.38 bits per heavy atom. The van der Waals surface area contributed by atoms with Crippen LogP contribution in [0.5, 0.6) is 0 Å². The lowest BCUT2D eigenvalue weighted by Gasteiger charge is -2.10. The van der Waals surface area contributed by atoms with Gasteiger partial charge in [-0.3, -0.25) is 0 Å². The average Bonchev–Trinajstić information content (AvgIpc) is 2.53. The molecule has 1 heterocycles. The average molecular weight is 187 g/mol. The van der Waals surface area contributed by atoms with Crippen molar-refractivity contribution in [3.63, 3.8) is 0 Å². The number of hydrogen-bond donors (Lipinski definition) is 0. The van der Waals surface area contributed by atoms with Gasteiger partial charge in [0.05, 0.1) is 0 Å². The van der Waals surface area contributed by atoms with Crippen molar-refractivity contribution < 1.29 is 0 Å². The molecule has 1 nitrogen and oxygen atoms in total. The molecule has 0 aromatic heterocycles. The highest BCUT2D eigenvalue weighted by Crippen LogP contribution is 2.20. The number of hydrogen-bond acceptors (Lipinski definition) is 1. The standard InChI is InChI=1S/C8H17N.2C2H6/c1-4-9-5-7(2)8(3)6-9;2*1-2/h7-8H,4-6H2,1-3H3;2*1-2H3. The van der Waals surface area contributed by atoms with E-state index < -0.39 is 0 Å². The van der Waals surface area contributed by atoms with Crippen LogP contribution in [0.1, 0.15) is 48.5 Å². The maximum Gasteiger partial charge on any atom is 0.00100 e. The summed E-state index contributed by atoms with van der Waals surface area (Å²) in [7, 11) is 0. The summed E-state index contributed by atoms with van der Waals surface area (Å²) < 4.78 is 0. The fourth-order valence-corrected chi connectivity index (χ4v) is 1.51. The smallest absolute Gasteiger partial charge is 0.00100 e. The van der Waals surface area contributed by atoms with Crippen LogP contribution in [0.15, 0.2) is 0 Å². The van der Waals surface area contributed by atoms with Gasteiger partial charge in [-0.05, 0) is 18.4 Å². The molecule has 1 heteroatoms. The van der Waals surface area contributed by atoms with E-state index in [4.69, 9.17) is 0 Å². The van der Waals surface area contributed by atoms with Crippen molar-refractivity contribution in [2.24, 2.45) is 11.8 Å². The Morgan fingerprint density at radius 1 is 0.923 bits per heavy atom. The van der Waals surface area contributed by atoms with Gasteiger partial charge in [-0.15, -0.1) is 0 Å². The van der Waals surface area contributed by atoms with E-state index in [-0.39, 0.29) is 0 Å². The van der Waals surface area contributed by atoms with E-state index in [1.165, 1.54) is 19.6 Å². The van der Waals surface area contributed by atoms with Gasteiger partial charge in [-0.1, -0.05) is 48.5 Å². The number of likely N-dealkylation sites (tertiary alicyclic amines) is 1. The van der Waals surface area contributed by atoms with E-state index in [1.807, 2.05) is 27.7 Å². The van der Waals surface area contributed by atoms with Gasteiger partial charge in [0, 0.05) is 13.1 Å². The largest absolute Gasteiger partial charge is 0.303 e. The quantitative estimate of drug-likeness (QED) is 0.606. The number of nitrogens with zero attached hydrogens (tertiary/aromatic N) is 1. The summed E-state index contributed by atoms with van der Waals surface area (Å²) in [6, 6.07) is 0. The van der Waals surface area contributed by atoms with Gasteiger partial charge >= 0.3 is 0 Å². The topological polar surface area (TPSA) is 3.24 Å². The summed E-state index contributed by atoms with van der Waals surface area (Å²) in [4.78, 5) is 2.52. The van der Waals surface area contributed by atoms with Crippen LogP contribution in [0.25, 0.3) is 0 Å². The van der Waals surface area contributed by atoms with Crippen LogP contribution < -0.4 is 0 Å². The Morgan fingerprint density at radius 2 is 1.23 bits per heavy atom. The normalized spacial score (nSPS) is 27.0. The van der Waals surface area contributed by atoms with Crippen LogP contribution in [0.3, 0.4) is 0 Å². The van der Waals surface area contributed by atoms with Gasteiger partial charge in [0.25, 0.3) is 0 Å². The van der Waals surface area contributed by atoms with E-state index in [2.05, 4.69) is 25.7 Å². The molecule has 13 heavy (non-hydrogen) atoms. The molecule has 0 N–H and O–H groups in total. The van der Waals surface area contributed by atoms with Gasteiger partial charge in [0.2, 0.25) is 0 Å². The monoisotopic (exact) mass is 187 g/mol. The highest BCUT2D eigenvalue weighted by molar-refractivity contribution is 4.76. The first-order valence-corrected chi connectivity index (χ1v) is 5.96. The first kappa shape index (κ1) is 15.4. The fraction of sp³-hybridized carbons (Fsp3) is 1.00. The summed E-state index contributed by atoms with van der Waals surface area (Å²) in [6.45, 7) is 18.8. The molecule has 0 aromatic rings. The second-order valence-electron chi connectivity index (χ2n) is 3.31. The van der Waals surface area contributed by atoms with E-state index in [1.54, 1.807) is 0 Å². The molecule has 0 bridgehead atoms. The minimum Gasteiger partial charge on any atom is -0.303 e. The van der Waals surface area contributed by atoms with Gasteiger partial charge in [-0.2, -0.15) is 0 Å². The third-order valence-corrected chi connectivity index (χ3v) is 2.51. The predicted octanol–water partition coefficient (Wildman–Crippen LogP) is 3.65. The lowest BCUT2D eigenvalue weighted by molar-refractivity contribution is 0.342. The zero-order valence-corrected chi connectivity index (χ0v) is 10.7. The minimum atomic E-state index is 0.921. The zero-order valence-electron chi connectivity index (χ0n) is 10.7. The van der Waals surface area contributed by atoms with Crippen LogP contribution in [0.4, 0.5) is 0 Å². The summed E-state index contributed by atoms with van der Waals surface area (Å²) in [6.07, 6.45) is 0. The molecule has 1 rings (SSSR count). The van der Waals surface area contributed by atoms with Crippen LogP contribution in [-0.4, -0.2) is 24.5 Å². The minimum absolute atomic E-state index is 0.921. The second kappa shape index (κ2) is 10.0. The fourth-order valence-electron chi connectivity index (χ4n) is 1.51. The number of rotatable bonds is 1. The third kappa shape index (κ3) is 6.09. The highest BCUT2D eigenvalue weighted by Gasteiger charge is 2.23. The Labute approximate surface area is 85.5 Å². The van der Waals surface area contributed by atoms with Crippen LogP contribution in [0.2, 0.25) is 0 Å². The van der Waals surface area contributed by atoms with E-state index in [9.17, 15) is 0 Å². The molecule has 0 spiro atoms. The van der Waals surface area contributed by atoms with Gasteiger partial charge in [0.15, 0.2) is 0 Å². The molecule has 1 aliphatic heterocycles. The van der Waals surface area contributed by atoms with Crippen molar-refractivity contribution >= 4 is 0 Å². The van der Waals surface area contributed by atoms with Crippen molar-refractivity contribution in [1.29, 1.82) is 0 Å². The molecule has 1 aliphatic rings. The van der Waals surface area contributed by atoms with Gasteiger partial charge in [0.1, 0.15) is 0 Å². The van der Waals surface area contributed by atoms with E-state index >= 15 is 0 Å². The molecular formula is C12H29N. The van der Waals surface area contributed by atoms with Crippen LogP contribution >= 0.6 is 0 Å². The molecule has 1 saturated heterocycles. The summed E-state index contributed by atoms with van der Waals surface area (Å²) in [5.41, 5.74) is 0. The molecule has 0 amide bonds. The molecule has 0 saturated carbocycles. The van der Waals surface area contributed by atoms with Crippen molar-refractivity contribution in [3.8, 4) is 0 Å². The Balaban J connectivity index is 0. The van der Waals surface area contributed by atoms with E-state index in [0.29, 0.717) is 0 Å². The molecule has 0 aromatic carbocycles. The van der Waals surface area contributed by atoms with E-state index in [0.717, 1.165) is 11.8 Å². The molecule has 82 valence electrons. The van der Waals surface area contributed by atoms with Crippen LogP contribution in [0, 0.1) is 11.8 Å². The summed E-state index contributed by atoms with van der Waals surface area (Å²) in [5, 5.41) is 0. The summed E-state index contributed by atoms with van der Waals surface area (Å²) >= 11 is 0. The lowest BCUT2D eigenvalue weighted by Crippen LogP contribution is -2.19. The van der Waals surface area contributed by atoms with Crippen molar-refractivity contribution in [2.75, 3.05) is 19.6 Å². The SMILES string of the molecule is CC.CC.CCN1CC(C)C(C)C1. The van der Waals surface area contributed by atoms with Crippen molar-refractivity contribution in [3.05, 3.63) is 0 Å². The predicted molar refractivity (Wildman–Crippen MR) is 63.1 cm³/mol. The van der Waals surface area contributed by atoms with Crippen molar-refractivity contribution in [1.82, 2.24) is 4.90 Å². The molecule has 2 unspecified atom stereocenters. The molecule has 0 radical (unpaired) electrons. The first-order valence-electron chi connectivity index (χ1n) is 5.96. The molecule has 2 atom stereocenters. The Bertz CT molecular complexity index is 81.1. The first-order chi connectivity index (χ1) is 6.24. The second-order valence-corrected chi connectivity index (χ2v) is 3.31. The Kier molecular flexibility index (Phi) is 11.9.